The predicted molar refractivity (Wildman–Crippen MR) is 68.0 cm³/mol. The van der Waals surface area contributed by atoms with E-state index in [2.05, 4.69) is 49.2 Å². The maximum absolute atomic E-state index is 3.53. The number of para-hydroxylation sites is 1. The van der Waals surface area contributed by atoms with Gasteiger partial charge in [0, 0.05) is 36.8 Å². The maximum Gasteiger partial charge on any atom is 0.0453 e. The van der Waals surface area contributed by atoms with E-state index in [1.54, 1.807) is 0 Å². The molecular formula is C14H20N2. The van der Waals surface area contributed by atoms with Gasteiger partial charge < -0.3 is 10.2 Å². The third-order valence-corrected chi connectivity index (χ3v) is 3.99. The molecule has 0 aromatic heterocycles. The molecule has 0 spiro atoms. The van der Waals surface area contributed by atoms with Crippen molar-refractivity contribution in [3.63, 3.8) is 0 Å². The van der Waals surface area contributed by atoms with Crippen LogP contribution in [0.2, 0.25) is 0 Å². The molecule has 2 nitrogen and oxygen atoms in total. The summed E-state index contributed by atoms with van der Waals surface area (Å²) in [6.45, 7) is 10.3. The molecule has 2 heteroatoms. The number of hydrogen-bond acceptors (Lipinski definition) is 2. The van der Waals surface area contributed by atoms with E-state index >= 15 is 0 Å². The molecule has 0 radical (unpaired) electrons. The minimum Gasteiger partial charge on any atom is -0.366 e. The molecule has 2 aliphatic heterocycles. The quantitative estimate of drug-likeness (QED) is 0.715. The van der Waals surface area contributed by atoms with Crippen LogP contribution in [0.25, 0.3) is 0 Å². The molecule has 3 rings (SSSR count). The zero-order chi connectivity index (χ0) is 11.3. The van der Waals surface area contributed by atoms with E-state index in [1.165, 1.54) is 16.8 Å². The first-order valence-electron chi connectivity index (χ1n) is 6.19. The molecule has 2 aliphatic rings. The van der Waals surface area contributed by atoms with Crippen molar-refractivity contribution in [2.45, 2.75) is 38.8 Å². The van der Waals surface area contributed by atoms with Gasteiger partial charge in [0.25, 0.3) is 0 Å². The van der Waals surface area contributed by atoms with Crippen LogP contribution in [-0.2, 0) is 12.0 Å². The molecule has 1 aromatic rings. The van der Waals surface area contributed by atoms with Crippen LogP contribution in [0.3, 0.4) is 0 Å². The average Bonchev–Trinajstić information content (AvgIpc) is 2.42. The molecule has 0 bridgehead atoms. The Morgan fingerprint density at radius 2 is 2.19 bits per heavy atom. The van der Waals surface area contributed by atoms with Crippen LogP contribution in [0.1, 0.15) is 31.9 Å². The lowest BCUT2D eigenvalue weighted by Crippen LogP contribution is -2.39. The first-order chi connectivity index (χ1) is 7.59. The van der Waals surface area contributed by atoms with E-state index in [1.807, 2.05) is 0 Å². The summed E-state index contributed by atoms with van der Waals surface area (Å²) < 4.78 is 0. The van der Waals surface area contributed by atoms with Gasteiger partial charge in [0.1, 0.15) is 0 Å². The van der Waals surface area contributed by atoms with Crippen molar-refractivity contribution < 1.29 is 0 Å². The van der Waals surface area contributed by atoms with Crippen LogP contribution in [0.4, 0.5) is 5.69 Å². The first kappa shape index (κ1) is 10.2. The van der Waals surface area contributed by atoms with Crippen LogP contribution in [0.5, 0.6) is 0 Å². The van der Waals surface area contributed by atoms with Gasteiger partial charge in [-0.25, -0.2) is 0 Å². The van der Waals surface area contributed by atoms with E-state index in [-0.39, 0.29) is 0 Å². The maximum atomic E-state index is 3.53. The number of rotatable bonds is 0. The molecular weight excluding hydrogens is 196 g/mol. The molecule has 0 aliphatic carbocycles. The summed E-state index contributed by atoms with van der Waals surface area (Å²) in [5, 5.41) is 3.53. The predicted octanol–water partition coefficient (Wildman–Crippen LogP) is 2.28. The van der Waals surface area contributed by atoms with Crippen molar-refractivity contribution in [1.29, 1.82) is 0 Å². The van der Waals surface area contributed by atoms with E-state index in [9.17, 15) is 0 Å². The zero-order valence-electron chi connectivity index (χ0n) is 10.4. The van der Waals surface area contributed by atoms with Gasteiger partial charge in [-0.2, -0.15) is 0 Å². The number of nitrogens with zero attached hydrogens (tertiary/aromatic N) is 1. The Hall–Kier alpha value is -1.02. The second-order valence-corrected chi connectivity index (χ2v) is 5.81. The summed E-state index contributed by atoms with van der Waals surface area (Å²) >= 11 is 0. The van der Waals surface area contributed by atoms with Gasteiger partial charge in [-0.05, 0) is 18.1 Å². The minimum absolute atomic E-state index is 0.303. The van der Waals surface area contributed by atoms with E-state index in [0.717, 1.165) is 19.6 Å². The van der Waals surface area contributed by atoms with Gasteiger partial charge in [-0.15, -0.1) is 0 Å². The number of benzene rings is 1. The number of hydrogen-bond donors (Lipinski definition) is 1. The Morgan fingerprint density at radius 1 is 1.38 bits per heavy atom. The lowest BCUT2D eigenvalue weighted by molar-refractivity contribution is 0.508. The smallest absolute Gasteiger partial charge is 0.0453 e. The molecule has 0 saturated heterocycles. The molecule has 1 N–H and O–H groups in total. The summed E-state index contributed by atoms with van der Waals surface area (Å²) in [5.41, 5.74) is 4.80. The largest absolute Gasteiger partial charge is 0.366 e. The van der Waals surface area contributed by atoms with Crippen molar-refractivity contribution in [2.75, 3.05) is 18.0 Å². The van der Waals surface area contributed by atoms with Crippen LogP contribution in [-0.4, -0.2) is 19.1 Å². The van der Waals surface area contributed by atoms with Gasteiger partial charge in [0.2, 0.25) is 0 Å². The van der Waals surface area contributed by atoms with Crippen LogP contribution >= 0.6 is 0 Å². The Bertz CT molecular complexity index is 423. The molecule has 86 valence electrons. The average molecular weight is 216 g/mol. The van der Waals surface area contributed by atoms with Gasteiger partial charge in [-0.1, -0.05) is 32.0 Å². The summed E-state index contributed by atoms with van der Waals surface area (Å²) in [7, 11) is 0. The van der Waals surface area contributed by atoms with Crippen molar-refractivity contribution in [2.24, 2.45) is 0 Å². The highest BCUT2D eigenvalue weighted by Crippen LogP contribution is 2.44. The lowest BCUT2D eigenvalue weighted by atomic mass is 9.86. The van der Waals surface area contributed by atoms with Crippen LogP contribution in [0.15, 0.2) is 18.2 Å². The van der Waals surface area contributed by atoms with E-state index in [4.69, 9.17) is 0 Å². The number of anilines is 1. The fraction of sp³-hybridized carbons (Fsp3) is 0.571. The third kappa shape index (κ3) is 1.29. The van der Waals surface area contributed by atoms with Crippen molar-refractivity contribution in [1.82, 2.24) is 5.32 Å². The Balaban J connectivity index is 2.21. The van der Waals surface area contributed by atoms with E-state index in [0.29, 0.717) is 11.5 Å². The standard InChI is InChI=1S/C14H20N2/c1-10-7-15-8-11-5-4-6-12-13(11)16(10)9-14(12,2)3/h4-6,10,15H,7-9H2,1-3H3. The van der Waals surface area contributed by atoms with Crippen molar-refractivity contribution in [3.05, 3.63) is 29.3 Å². The number of nitrogens with one attached hydrogen (secondary N) is 1. The molecule has 16 heavy (non-hydrogen) atoms. The molecule has 1 aromatic carbocycles. The van der Waals surface area contributed by atoms with Gasteiger partial charge in [-0.3, -0.25) is 0 Å². The van der Waals surface area contributed by atoms with Crippen LogP contribution in [0, 0.1) is 0 Å². The Kier molecular flexibility index (Phi) is 2.05. The monoisotopic (exact) mass is 216 g/mol. The fourth-order valence-electron chi connectivity index (χ4n) is 3.11. The SMILES string of the molecule is CC1CNCc2cccc3c2N1CC3(C)C. The summed E-state index contributed by atoms with van der Waals surface area (Å²) in [4.78, 5) is 2.59. The van der Waals surface area contributed by atoms with Crippen molar-refractivity contribution >= 4 is 5.69 Å². The second kappa shape index (κ2) is 3.24. The third-order valence-electron chi connectivity index (χ3n) is 3.99. The van der Waals surface area contributed by atoms with Crippen LogP contribution < -0.4 is 10.2 Å². The zero-order valence-corrected chi connectivity index (χ0v) is 10.4. The summed E-state index contributed by atoms with van der Waals surface area (Å²) in [5.74, 6) is 0. The molecule has 0 saturated carbocycles. The van der Waals surface area contributed by atoms with Gasteiger partial charge in [0.15, 0.2) is 0 Å². The molecule has 0 amide bonds. The first-order valence-corrected chi connectivity index (χ1v) is 6.19. The fourth-order valence-corrected chi connectivity index (χ4v) is 3.11. The summed E-state index contributed by atoms with van der Waals surface area (Å²) in [6.07, 6.45) is 0. The van der Waals surface area contributed by atoms with E-state index < -0.39 is 0 Å². The topological polar surface area (TPSA) is 15.3 Å². The highest BCUT2D eigenvalue weighted by molar-refractivity contribution is 5.67. The normalized spacial score (nSPS) is 26.4. The van der Waals surface area contributed by atoms with Gasteiger partial charge >= 0.3 is 0 Å². The van der Waals surface area contributed by atoms with Crippen molar-refractivity contribution in [3.8, 4) is 0 Å². The molecule has 1 unspecified atom stereocenters. The van der Waals surface area contributed by atoms with Gasteiger partial charge in [0.05, 0.1) is 0 Å². The minimum atomic E-state index is 0.303. The highest BCUT2D eigenvalue weighted by Gasteiger charge is 2.38. The Labute approximate surface area is 97.6 Å². The molecule has 2 heterocycles. The highest BCUT2D eigenvalue weighted by atomic mass is 15.2. The lowest BCUT2D eigenvalue weighted by Gasteiger charge is -2.27. The summed E-state index contributed by atoms with van der Waals surface area (Å²) in [6, 6.07) is 7.37. The second-order valence-electron chi connectivity index (χ2n) is 5.81. The molecule has 1 atom stereocenters. The Morgan fingerprint density at radius 3 is 3.00 bits per heavy atom. The molecule has 0 fully saturated rings.